The van der Waals surface area contributed by atoms with Gasteiger partial charge < -0.3 is 0 Å². The van der Waals surface area contributed by atoms with Crippen LogP contribution in [0.2, 0.25) is 0 Å². The van der Waals surface area contributed by atoms with Gasteiger partial charge in [-0.25, -0.2) is 0 Å². The first kappa shape index (κ1) is 19.0. The molecule has 4 aromatic carbocycles. The van der Waals surface area contributed by atoms with E-state index >= 15 is 0 Å². The molecule has 1 saturated heterocycles. The summed E-state index contributed by atoms with van der Waals surface area (Å²) in [6, 6.07) is 30.5. The van der Waals surface area contributed by atoms with E-state index in [1.54, 1.807) is 0 Å². The molecule has 0 spiro atoms. The fourth-order valence-corrected chi connectivity index (χ4v) is 4.53. The SMILES string of the molecule is C(=C\c1ccccc1)/CN1CCN(Cc2c3ccccc3cc3ccccc23)CC1. The Morgan fingerprint density at radius 3 is 1.87 bits per heavy atom. The summed E-state index contributed by atoms with van der Waals surface area (Å²) in [5, 5.41) is 5.47. The van der Waals surface area contributed by atoms with E-state index < -0.39 is 0 Å². The second-order valence-electron chi connectivity index (χ2n) is 8.19. The van der Waals surface area contributed by atoms with Crippen molar-refractivity contribution in [2.24, 2.45) is 0 Å². The molecule has 2 nitrogen and oxygen atoms in total. The molecule has 0 atom stereocenters. The van der Waals surface area contributed by atoms with Crippen molar-refractivity contribution in [2.75, 3.05) is 32.7 Å². The van der Waals surface area contributed by atoms with Gasteiger partial charge in [-0.3, -0.25) is 9.80 Å². The van der Waals surface area contributed by atoms with E-state index in [-0.39, 0.29) is 0 Å². The molecule has 0 bridgehead atoms. The summed E-state index contributed by atoms with van der Waals surface area (Å²) in [6.45, 7) is 6.55. The highest BCUT2D eigenvalue weighted by Gasteiger charge is 2.18. The summed E-state index contributed by atoms with van der Waals surface area (Å²) in [4.78, 5) is 5.17. The fraction of sp³-hybridized carbons (Fsp3) is 0.214. The lowest BCUT2D eigenvalue weighted by Crippen LogP contribution is -2.45. The van der Waals surface area contributed by atoms with Crippen molar-refractivity contribution < 1.29 is 0 Å². The van der Waals surface area contributed by atoms with Crippen molar-refractivity contribution in [1.29, 1.82) is 0 Å². The highest BCUT2D eigenvalue weighted by molar-refractivity contribution is 6.02. The van der Waals surface area contributed by atoms with Gasteiger partial charge in [-0.2, -0.15) is 0 Å². The van der Waals surface area contributed by atoms with Gasteiger partial charge in [0.05, 0.1) is 0 Å². The summed E-state index contributed by atoms with van der Waals surface area (Å²) in [7, 11) is 0. The highest BCUT2D eigenvalue weighted by atomic mass is 15.3. The lowest BCUT2D eigenvalue weighted by Gasteiger charge is -2.34. The molecule has 150 valence electrons. The van der Waals surface area contributed by atoms with Crippen LogP contribution in [0.25, 0.3) is 27.6 Å². The summed E-state index contributed by atoms with van der Waals surface area (Å²) in [5.74, 6) is 0. The molecular formula is C28H28N2. The fourth-order valence-electron chi connectivity index (χ4n) is 4.53. The summed E-state index contributed by atoms with van der Waals surface area (Å²) in [6.07, 6.45) is 4.53. The predicted molar refractivity (Wildman–Crippen MR) is 129 cm³/mol. The third-order valence-corrected chi connectivity index (χ3v) is 6.20. The molecule has 0 aromatic heterocycles. The van der Waals surface area contributed by atoms with Crippen LogP contribution in [0.5, 0.6) is 0 Å². The van der Waals surface area contributed by atoms with Gasteiger partial charge >= 0.3 is 0 Å². The van der Waals surface area contributed by atoms with E-state index in [9.17, 15) is 0 Å². The molecule has 0 amide bonds. The zero-order chi connectivity index (χ0) is 20.2. The maximum absolute atomic E-state index is 2.62. The minimum absolute atomic E-state index is 1.02. The van der Waals surface area contributed by atoms with E-state index in [0.29, 0.717) is 0 Å². The van der Waals surface area contributed by atoms with Crippen molar-refractivity contribution in [3.63, 3.8) is 0 Å². The third kappa shape index (κ3) is 4.16. The van der Waals surface area contributed by atoms with Crippen LogP contribution in [-0.2, 0) is 6.54 Å². The van der Waals surface area contributed by atoms with Crippen LogP contribution in [-0.4, -0.2) is 42.5 Å². The molecule has 1 aliphatic heterocycles. The number of piperazine rings is 1. The second kappa shape index (κ2) is 8.83. The van der Waals surface area contributed by atoms with Gasteiger partial charge in [0.1, 0.15) is 0 Å². The van der Waals surface area contributed by atoms with Crippen LogP contribution < -0.4 is 0 Å². The Morgan fingerprint density at radius 2 is 1.20 bits per heavy atom. The van der Waals surface area contributed by atoms with Gasteiger partial charge in [-0.15, -0.1) is 0 Å². The number of hydrogen-bond donors (Lipinski definition) is 0. The first-order chi connectivity index (χ1) is 14.9. The molecule has 1 aliphatic rings. The van der Waals surface area contributed by atoms with E-state index in [2.05, 4.69) is 107 Å². The minimum Gasteiger partial charge on any atom is -0.297 e. The van der Waals surface area contributed by atoms with E-state index in [0.717, 1.165) is 39.3 Å². The number of benzene rings is 4. The smallest absolute Gasteiger partial charge is 0.0247 e. The molecule has 4 aromatic rings. The number of nitrogens with zero attached hydrogens (tertiary/aromatic N) is 2. The Labute approximate surface area is 179 Å². The Hall–Kier alpha value is -2.94. The van der Waals surface area contributed by atoms with Crippen molar-refractivity contribution in [1.82, 2.24) is 9.80 Å². The van der Waals surface area contributed by atoms with Crippen molar-refractivity contribution in [3.8, 4) is 0 Å². The van der Waals surface area contributed by atoms with Crippen LogP contribution in [0.1, 0.15) is 11.1 Å². The van der Waals surface area contributed by atoms with Gasteiger partial charge in [0.25, 0.3) is 0 Å². The molecule has 30 heavy (non-hydrogen) atoms. The van der Waals surface area contributed by atoms with E-state index in [4.69, 9.17) is 0 Å². The first-order valence-corrected chi connectivity index (χ1v) is 10.9. The van der Waals surface area contributed by atoms with Gasteiger partial charge in [0, 0.05) is 39.3 Å². The lowest BCUT2D eigenvalue weighted by molar-refractivity contribution is 0.138. The third-order valence-electron chi connectivity index (χ3n) is 6.20. The quantitative estimate of drug-likeness (QED) is 0.395. The monoisotopic (exact) mass is 392 g/mol. The Morgan fingerprint density at radius 1 is 0.633 bits per heavy atom. The zero-order valence-electron chi connectivity index (χ0n) is 17.4. The average molecular weight is 393 g/mol. The topological polar surface area (TPSA) is 6.48 Å². The minimum atomic E-state index is 1.02. The zero-order valence-corrected chi connectivity index (χ0v) is 17.4. The number of fused-ring (bicyclic) bond motifs is 2. The first-order valence-electron chi connectivity index (χ1n) is 10.9. The second-order valence-corrected chi connectivity index (χ2v) is 8.19. The molecule has 1 heterocycles. The molecule has 0 saturated carbocycles. The van der Waals surface area contributed by atoms with Gasteiger partial charge in [0.15, 0.2) is 0 Å². The summed E-state index contributed by atoms with van der Waals surface area (Å²) < 4.78 is 0. The Kier molecular flexibility index (Phi) is 5.60. The molecule has 0 unspecified atom stereocenters. The van der Waals surface area contributed by atoms with Crippen molar-refractivity contribution >= 4 is 27.6 Å². The lowest BCUT2D eigenvalue weighted by atomic mass is 9.96. The maximum Gasteiger partial charge on any atom is 0.0247 e. The molecular weight excluding hydrogens is 364 g/mol. The number of rotatable bonds is 5. The molecule has 5 rings (SSSR count). The van der Waals surface area contributed by atoms with Crippen molar-refractivity contribution in [3.05, 3.63) is 102 Å². The average Bonchev–Trinajstić information content (AvgIpc) is 2.81. The standard InChI is InChI=1S/C28H28N2/c1-2-9-23(10-3-1)11-8-16-29-17-19-30(20-18-29)22-28-26-14-6-4-12-24(26)21-25-13-5-7-15-27(25)28/h1-15,21H,16-20,22H2/b11-8+. The molecule has 0 radical (unpaired) electrons. The Bertz CT molecular complexity index is 1100. The van der Waals surface area contributed by atoms with Gasteiger partial charge in [-0.1, -0.05) is 91.0 Å². The van der Waals surface area contributed by atoms with Crippen LogP contribution in [0, 0.1) is 0 Å². The maximum atomic E-state index is 2.62. The van der Waals surface area contributed by atoms with Crippen molar-refractivity contribution in [2.45, 2.75) is 6.54 Å². The van der Waals surface area contributed by atoms with Crippen LogP contribution >= 0.6 is 0 Å². The Balaban J connectivity index is 1.27. The van der Waals surface area contributed by atoms with Gasteiger partial charge in [0.2, 0.25) is 0 Å². The van der Waals surface area contributed by atoms with Crippen LogP contribution in [0.4, 0.5) is 0 Å². The molecule has 2 heteroatoms. The molecule has 0 aliphatic carbocycles. The predicted octanol–water partition coefficient (Wildman–Crippen LogP) is 5.82. The number of hydrogen-bond acceptors (Lipinski definition) is 2. The largest absolute Gasteiger partial charge is 0.297 e. The van der Waals surface area contributed by atoms with Crippen LogP contribution in [0.3, 0.4) is 0 Å². The van der Waals surface area contributed by atoms with Gasteiger partial charge in [-0.05, 0) is 38.7 Å². The van der Waals surface area contributed by atoms with E-state index in [1.165, 1.54) is 32.7 Å². The highest BCUT2D eigenvalue weighted by Crippen LogP contribution is 2.29. The summed E-state index contributed by atoms with van der Waals surface area (Å²) >= 11 is 0. The normalized spacial score (nSPS) is 16.0. The molecule has 1 fully saturated rings. The summed E-state index contributed by atoms with van der Waals surface area (Å²) in [5.41, 5.74) is 2.75. The van der Waals surface area contributed by atoms with Crippen LogP contribution in [0.15, 0.2) is 91.0 Å². The van der Waals surface area contributed by atoms with E-state index in [1.807, 2.05) is 0 Å². The molecule has 0 N–H and O–H groups in total.